The van der Waals surface area contributed by atoms with Crippen LogP contribution in [0.4, 0.5) is 0 Å². The van der Waals surface area contributed by atoms with Gasteiger partial charge < -0.3 is 15.3 Å². The fourth-order valence-electron chi connectivity index (χ4n) is 4.00. The first-order chi connectivity index (χ1) is 14.8. The van der Waals surface area contributed by atoms with Gasteiger partial charge in [-0.1, -0.05) is 63.4 Å². The van der Waals surface area contributed by atoms with Crippen molar-refractivity contribution < 1.29 is 15.3 Å². The van der Waals surface area contributed by atoms with E-state index in [9.17, 15) is 15.3 Å². The van der Waals surface area contributed by atoms with E-state index in [4.69, 9.17) is 0 Å². The van der Waals surface area contributed by atoms with Gasteiger partial charge in [0.05, 0.1) is 0 Å². The summed E-state index contributed by atoms with van der Waals surface area (Å²) in [5.74, 6) is 0.785. The smallest absolute Gasteiger partial charge is 0.123 e. The number of hydrogen-bond donors (Lipinski definition) is 3. The summed E-state index contributed by atoms with van der Waals surface area (Å²) in [5.41, 5.74) is 6.66. The fraction of sp³-hybridized carbons (Fsp3) is 0.333. The third-order valence-corrected chi connectivity index (χ3v) is 7.38. The Balaban J connectivity index is 2.07. The van der Waals surface area contributed by atoms with Crippen molar-refractivity contribution in [2.24, 2.45) is 0 Å². The summed E-state index contributed by atoms with van der Waals surface area (Å²) >= 11 is 0. The minimum absolute atomic E-state index is 0.245. The van der Waals surface area contributed by atoms with E-state index in [1.165, 1.54) is 5.30 Å². The molecule has 0 aliphatic carbocycles. The normalized spacial score (nSPS) is 11.5. The summed E-state index contributed by atoms with van der Waals surface area (Å²) in [4.78, 5) is 0. The first-order valence-electron chi connectivity index (χ1n) is 10.9. The molecule has 1 unspecified atom stereocenters. The van der Waals surface area contributed by atoms with Crippen LogP contribution in [-0.2, 0) is 12.8 Å². The second-order valence-electron chi connectivity index (χ2n) is 8.45. The maximum atomic E-state index is 11.3. The van der Waals surface area contributed by atoms with Crippen molar-refractivity contribution in [2.45, 2.75) is 53.4 Å². The number of phenolic OH excluding ortho intramolecular Hbond substituents is 3. The molecule has 0 aliphatic rings. The number of aryl methyl sites for hydroxylation is 3. The van der Waals surface area contributed by atoms with Gasteiger partial charge in [0.2, 0.25) is 0 Å². The maximum Gasteiger partial charge on any atom is 0.123 e. The quantitative estimate of drug-likeness (QED) is 0.299. The topological polar surface area (TPSA) is 60.7 Å². The zero-order chi connectivity index (χ0) is 22.5. The van der Waals surface area contributed by atoms with Gasteiger partial charge in [-0.25, -0.2) is 0 Å². The van der Waals surface area contributed by atoms with Gasteiger partial charge in [0, 0.05) is 18.4 Å². The van der Waals surface area contributed by atoms with E-state index in [0.717, 1.165) is 57.9 Å². The molecule has 0 amide bonds. The van der Waals surface area contributed by atoms with Crippen LogP contribution in [0.15, 0.2) is 42.5 Å². The Hall–Kier alpha value is -2.51. The van der Waals surface area contributed by atoms with E-state index in [0.29, 0.717) is 21.4 Å². The van der Waals surface area contributed by atoms with Gasteiger partial charge in [0.15, 0.2) is 0 Å². The lowest BCUT2D eigenvalue weighted by Crippen LogP contribution is -2.13. The van der Waals surface area contributed by atoms with Gasteiger partial charge in [0.1, 0.15) is 17.2 Å². The molecule has 3 aromatic rings. The Morgan fingerprint density at radius 3 is 1.90 bits per heavy atom. The van der Waals surface area contributed by atoms with E-state index in [1.54, 1.807) is 12.1 Å². The summed E-state index contributed by atoms with van der Waals surface area (Å²) in [6.45, 7) is 8.30. The van der Waals surface area contributed by atoms with Crippen LogP contribution in [0.2, 0.25) is 0 Å². The molecule has 3 aromatic carbocycles. The molecule has 0 radical (unpaired) electrons. The second-order valence-corrected chi connectivity index (χ2v) is 9.81. The van der Waals surface area contributed by atoms with Crippen LogP contribution in [-0.4, -0.2) is 21.5 Å². The summed E-state index contributed by atoms with van der Waals surface area (Å²) in [7, 11) is 0.620. The van der Waals surface area contributed by atoms with Crippen molar-refractivity contribution in [1.82, 2.24) is 0 Å². The number of benzene rings is 3. The molecule has 0 heterocycles. The number of aromatic hydroxyl groups is 3. The van der Waals surface area contributed by atoms with Crippen molar-refractivity contribution in [3.05, 3.63) is 81.4 Å². The molecule has 164 valence electrons. The molecule has 0 saturated carbocycles. The average molecular weight is 437 g/mol. The molecule has 0 spiro atoms. The van der Waals surface area contributed by atoms with Gasteiger partial charge in [-0.15, -0.1) is 0 Å². The zero-order valence-electron chi connectivity index (χ0n) is 18.9. The lowest BCUT2D eigenvalue weighted by atomic mass is 9.93. The minimum atomic E-state index is 0.245. The first kappa shape index (κ1) is 23.2. The summed E-state index contributed by atoms with van der Waals surface area (Å²) in [6.07, 6.45) is 4.36. The van der Waals surface area contributed by atoms with E-state index < -0.39 is 0 Å². The molecular weight excluding hydrogens is 403 g/mol. The molecule has 0 aliphatic heterocycles. The first-order valence-corrected chi connectivity index (χ1v) is 12.2. The Morgan fingerprint density at radius 2 is 1.32 bits per heavy atom. The zero-order valence-corrected chi connectivity index (χ0v) is 19.9. The molecule has 3 N–H and O–H groups in total. The van der Waals surface area contributed by atoms with Crippen molar-refractivity contribution in [1.29, 1.82) is 0 Å². The van der Waals surface area contributed by atoms with Crippen LogP contribution in [0.1, 0.15) is 58.7 Å². The minimum Gasteiger partial charge on any atom is -0.508 e. The van der Waals surface area contributed by atoms with Gasteiger partial charge in [0.25, 0.3) is 0 Å². The van der Waals surface area contributed by atoms with E-state index in [1.807, 2.05) is 38.1 Å². The highest BCUT2D eigenvalue weighted by molar-refractivity contribution is 7.47. The Kier molecular flexibility index (Phi) is 7.62. The van der Waals surface area contributed by atoms with Gasteiger partial charge in [-0.2, -0.15) is 0 Å². The van der Waals surface area contributed by atoms with Gasteiger partial charge in [-0.05, 0) is 73.0 Å². The monoisotopic (exact) mass is 436 g/mol. The molecule has 0 fully saturated rings. The van der Waals surface area contributed by atoms with Gasteiger partial charge in [-0.3, -0.25) is 0 Å². The molecule has 1 atom stereocenters. The second kappa shape index (κ2) is 10.2. The molecule has 0 saturated heterocycles. The largest absolute Gasteiger partial charge is 0.508 e. The average Bonchev–Trinajstić information content (AvgIpc) is 2.73. The maximum absolute atomic E-state index is 11.3. The molecule has 0 aromatic heterocycles. The molecule has 31 heavy (non-hydrogen) atoms. The number of unbranched alkanes of at least 4 members (excludes halogenated alkanes) is 1. The highest BCUT2D eigenvalue weighted by Gasteiger charge is 2.19. The van der Waals surface area contributed by atoms with Crippen molar-refractivity contribution in [2.75, 3.05) is 6.16 Å². The lowest BCUT2D eigenvalue weighted by Gasteiger charge is -2.19. The highest BCUT2D eigenvalue weighted by atomic mass is 31.1. The fourth-order valence-corrected chi connectivity index (χ4v) is 5.55. The summed E-state index contributed by atoms with van der Waals surface area (Å²) in [5, 5.41) is 33.3. The number of rotatable bonds is 8. The van der Waals surface area contributed by atoms with Gasteiger partial charge >= 0.3 is 0 Å². The Bertz CT molecular complexity index is 1070. The van der Waals surface area contributed by atoms with E-state index in [-0.39, 0.29) is 17.2 Å². The third-order valence-electron chi connectivity index (χ3n) is 5.73. The summed E-state index contributed by atoms with van der Waals surface area (Å²) in [6, 6.07) is 13.2. The third kappa shape index (κ3) is 5.60. The van der Waals surface area contributed by atoms with Crippen molar-refractivity contribution >= 4 is 13.9 Å². The Morgan fingerprint density at radius 1 is 0.742 bits per heavy atom. The molecular formula is C27H33O3P. The van der Waals surface area contributed by atoms with E-state index >= 15 is 0 Å². The number of hydrogen-bond acceptors (Lipinski definition) is 3. The lowest BCUT2D eigenvalue weighted by molar-refractivity contribution is 0.457. The molecule has 0 bridgehead atoms. The van der Waals surface area contributed by atoms with E-state index in [2.05, 4.69) is 19.9 Å². The SMILES string of the molecule is CCCCPc1c(C)cc(Cc2cc(C)ccc2O)c(O)c1Cc1cc(C)ccc1O. The van der Waals surface area contributed by atoms with Crippen LogP contribution in [0.3, 0.4) is 0 Å². The van der Waals surface area contributed by atoms with Crippen LogP contribution in [0, 0.1) is 20.8 Å². The van der Waals surface area contributed by atoms with Crippen LogP contribution >= 0.6 is 8.58 Å². The molecule has 4 heteroatoms. The standard InChI is InChI=1S/C27H33O3P/c1-5-6-11-31-27-19(4)14-22(15-20-12-17(2)7-9-24(20)28)26(30)23(27)16-21-13-18(3)8-10-25(21)29/h7-10,12-14,28-31H,5-6,11,15-16H2,1-4H3. The summed E-state index contributed by atoms with van der Waals surface area (Å²) < 4.78 is 0. The van der Waals surface area contributed by atoms with Crippen LogP contribution in [0.5, 0.6) is 17.2 Å². The molecule has 3 nitrogen and oxygen atoms in total. The predicted molar refractivity (Wildman–Crippen MR) is 132 cm³/mol. The molecule has 3 rings (SSSR count). The Labute approximate surface area is 187 Å². The predicted octanol–water partition coefficient (Wildman–Crippen LogP) is 6.01. The highest BCUT2D eigenvalue weighted by Crippen LogP contribution is 2.35. The van der Waals surface area contributed by atoms with Crippen molar-refractivity contribution in [3.8, 4) is 17.2 Å². The van der Waals surface area contributed by atoms with Crippen molar-refractivity contribution in [3.63, 3.8) is 0 Å². The van der Waals surface area contributed by atoms with Crippen LogP contribution < -0.4 is 5.30 Å². The number of phenols is 3. The van der Waals surface area contributed by atoms with Crippen LogP contribution in [0.25, 0.3) is 0 Å².